The standard InChI is InChI=1S/C16H19NO3S/c1-13-5-7-14(8-6-13)10-17-21(19,20)12-16-4-2-3-15(9-16)11-18/h2-9,17-18H,10-12H2,1H3. The van der Waals surface area contributed by atoms with Crippen molar-refractivity contribution in [2.24, 2.45) is 0 Å². The minimum atomic E-state index is -3.40. The normalized spacial score (nSPS) is 11.5. The Morgan fingerprint density at radius 1 is 1.00 bits per heavy atom. The molecule has 2 N–H and O–H groups in total. The Balaban J connectivity index is 1.99. The van der Waals surface area contributed by atoms with E-state index < -0.39 is 10.0 Å². The number of benzene rings is 2. The molecule has 0 amide bonds. The van der Waals surface area contributed by atoms with Crippen LogP contribution in [0.15, 0.2) is 48.5 Å². The molecule has 0 atom stereocenters. The van der Waals surface area contributed by atoms with Gasteiger partial charge in [0.25, 0.3) is 0 Å². The Bertz CT molecular complexity index is 694. The van der Waals surface area contributed by atoms with Gasteiger partial charge in [0, 0.05) is 6.54 Å². The second-order valence-electron chi connectivity index (χ2n) is 5.04. The minimum Gasteiger partial charge on any atom is -0.392 e. The number of rotatable bonds is 6. The largest absolute Gasteiger partial charge is 0.392 e. The first kappa shape index (κ1) is 15.7. The van der Waals surface area contributed by atoms with Crippen LogP contribution in [0.4, 0.5) is 0 Å². The van der Waals surface area contributed by atoms with Gasteiger partial charge in [0.05, 0.1) is 12.4 Å². The van der Waals surface area contributed by atoms with Gasteiger partial charge in [-0.1, -0.05) is 54.1 Å². The van der Waals surface area contributed by atoms with E-state index in [0.717, 1.165) is 11.1 Å². The number of hydrogen-bond donors (Lipinski definition) is 2. The molecule has 0 aliphatic rings. The van der Waals surface area contributed by atoms with Gasteiger partial charge in [0.1, 0.15) is 0 Å². The van der Waals surface area contributed by atoms with Crippen LogP contribution in [0.1, 0.15) is 22.3 Å². The average Bonchev–Trinajstić information content (AvgIpc) is 2.46. The van der Waals surface area contributed by atoms with Gasteiger partial charge in [0.2, 0.25) is 10.0 Å². The van der Waals surface area contributed by atoms with Gasteiger partial charge >= 0.3 is 0 Å². The Morgan fingerprint density at radius 3 is 2.33 bits per heavy atom. The lowest BCUT2D eigenvalue weighted by Gasteiger charge is -2.08. The number of aryl methyl sites for hydroxylation is 1. The maximum Gasteiger partial charge on any atom is 0.216 e. The van der Waals surface area contributed by atoms with Crippen molar-refractivity contribution < 1.29 is 13.5 Å². The van der Waals surface area contributed by atoms with Crippen LogP contribution in [-0.2, 0) is 28.9 Å². The molecule has 21 heavy (non-hydrogen) atoms. The molecule has 2 aromatic carbocycles. The molecular formula is C16H19NO3S. The molecule has 0 heterocycles. The molecule has 112 valence electrons. The summed E-state index contributed by atoms with van der Waals surface area (Å²) in [5, 5.41) is 9.07. The van der Waals surface area contributed by atoms with Crippen LogP contribution in [-0.4, -0.2) is 13.5 Å². The number of hydrogen-bond acceptors (Lipinski definition) is 3. The first-order valence-electron chi connectivity index (χ1n) is 6.70. The molecule has 2 aromatic rings. The fourth-order valence-corrected chi connectivity index (χ4v) is 3.09. The van der Waals surface area contributed by atoms with Crippen LogP contribution in [0, 0.1) is 6.92 Å². The van der Waals surface area contributed by atoms with E-state index in [-0.39, 0.29) is 18.9 Å². The zero-order valence-corrected chi connectivity index (χ0v) is 12.7. The number of aliphatic hydroxyl groups is 1. The van der Waals surface area contributed by atoms with Crippen LogP contribution in [0.25, 0.3) is 0 Å². The molecule has 0 aliphatic carbocycles. The van der Waals surface area contributed by atoms with E-state index in [0.29, 0.717) is 11.1 Å². The van der Waals surface area contributed by atoms with Crippen molar-refractivity contribution in [2.75, 3.05) is 0 Å². The topological polar surface area (TPSA) is 66.4 Å². The predicted octanol–water partition coefficient (Wildman–Crippen LogP) is 2.11. The van der Waals surface area contributed by atoms with E-state index in [2.05, 4.69) is 4.72 Å². The van der Waals surface area contributed by atoms with Gasteiger partial charge < -0.3 is 5.11 Å². The van der Waals surface area contributed by atoms with E-state index in [9.17, 15) is 8.42 Å². The highest BCUT2D eigenvalue weighted by atomic mass is 32.2. The summed E-state index contributed by atoms with van der Waals surface area (Å²) in [6, 6.07) is 14.7. The number of sulfonamides is 1. The maximum absolute atomic E-state index is 12.1. The highest BCUT2D eigenvalue weighted by Gasteiger charge is 2.11. The summed E-state index contributed by atoms with van der Waals surface area (Å²) >= 11 is 0. The van der Waals surface area contributed by atoms with Crippen molar-refractivity contribution in [1.82, 2.24) is 4.72 Å². The van der Waals surface area contributed by atoms with Crippen LogP contribution in [0.3, 0.4) is 0 Å². The first-order chi connectivity index (χ1) is 9.98. The van der Waals surface area contributed by atoms with Crippen molar-refractivity contribution in [2.45, 2.75) is 25.8 Å². The molecule has 0 bridgehead atoms. The van der Waals surface area contributed by atoms with Crippen molar-refractivity contribution in [3.63, 3.8) is 0 Å². The van der Waals surface area contributed by atoms with Gasteiger partial charge in [0.15, 0.2) is 0 Å². The lowest BCUT2D eigenvalue weighted by atomic mass is 10.1. The average molecular weight is 305 g/mol. The molecule has 0 spiro atoms. The molecule has 5 heteroatoms. The summed E-state index contributed by atoms with van der Waals surface area (Å²) in [6.45, 7) is 2.18. The Hall–Kier alpha value is -1.69. The van der Waals surface area contributed by atoms with Crippen molar-refractivity contribution >= 4 is 10.0 Å². The van der Waals surface area contributed by atoms with Gasteiger partial charge in [-0.25, -0.2) is 13.1 Å². The summed E-state index contributed by atoms with van der Waals surface area (Å²) in [6.07, 6.45) is 0. The molecule has 4 nitrogen and oxygen atoms in total. The summed E-state index contributed by atoms with van der Waals surface area (Å²) in [4.78, 5) is 0. The summed E-state index contributed by atoms with van der Waals surface area (Å²) in [5.41, 5.74) is 3.44. The molecule has 0 radical (unpaired) electrons. The van der Waals surface area contributed by atoms with Gasteiger partial charge in [-0.2, -0.15) is 0 Å². The fraction of sp³-hybridized carbons (Fsp3) is 0.250. The van der Waals surface area contributed by atoms with Gasteiger partial charge in [-0.3, -0.25) is 0 Å². The maximum atomic E-state index is 12.1. The van der Waals surface area contributed by atoms with E-state index in [1.165, 1.54) is 0 Å². The third-order valence-electron chi connectivity index (χ3n) is 3.15. The lowest BCUT2D eigenvalue weighted by molar-refractivity contribution is 0.282. The van der Waals surface area contributed by atoms with Gasteiger partial charge in [-0.15, -0.1) is 0 Å². The molecule has 0 saturated heterocycles. The Labute approximate surface area is 125 Å². The van der Waals surface area contributed by atoms with Crippen LogP contribution >= 0.6 is 0 Å². The van der Waals surface area contributed by atoms with Crippen LogP contribution < -0.4 is 4.72 Å². The van der Waals surface area contributed by atoms with Crippen molar-refractivity contribution in [3.05, 3.63) is 70.8 Å². The second kappa shape index (κ2) is 6.85. The monoisotopic (exact) mass is 305 g/mol. The molecular weight excluding hydrogens is 286 g/mol. The second-order valence-corrected chi connectivity index (χ2v) is 6.85. The molecule has 0 fully saturated rings. The Morgan fingerprint density at radius 2 is 1.67 bits per heavy atom. The smallest absolute Gasteiger partial charge is 0.216 e. The molecule has 0 aromatic heterocycles. The zero-order valence-electron chi connectivity index (χ0n) is 11.9. The zero-order chi connectivity index (χ0) is 15.3. The minimum absolute atomic E-state index is 0.0906. The SMILES string of the molecule is Cc1ccc(CNS(=O)(=O)Cc2cccc(CO)c2)cc1. The highest BCUT2D eigenvalue weighted by molar-refractivity contribution is 7.88. The van der Waals surface area contributed by atoms with Crippen molar-refractivity contribution in [1.29, 1.82) is 0 Å². The summed E-state index contributed by atoms with van der Waals surface area (Å²) < 4.78 is 26.7. The fourth-order valence-electron chi connectivity index (χ4n) is 1.99. The number of nitrogens with one attached hydrogen (secondary N) is 1. The third kappa shape index (κ3) is 4.97. The molecule has 0 unspecified atom stereocenters. The summed E-state index contributed by atoms with van der Waals surface area (Å²) in [7, 11) is -3.40. The van der Waals surface area contributed by atoms with E-state index in [1.807, 2.05) is 31.2 Å². The van der Waals surface area contributed by atoms with E-state index >= 15 is 0 Å². The molecule has 0 saturated carbocycles. The van der Waals surface area contributed by atoms with E-state index in [1.54, 1.807) is 24.3 Å². The third-order valence-corrected chi connectivity index (χ3v) is 4.44. The highest BCUT2D eigenvalue weighted by Crippen LogP contribution is 2.10. The van der Waals surface area contributed by atoms with Crippen molar-refractivity contribution in [3.8, 4) is 0 Å². The molecule has 2 rings (SSSR count). The van der Waals surface area contributed by atoms with Gasteiger partial charge in [-0.05, 0) is 23.6 Å². The quantitative estimate of drug-likeness (QED) is 0.859. The summed E-state index contributed by atoms with van der Waals surface area (Å²) in [5.74, 6) is -0.0906. The first-order valence-corrected chi connectivity index (χ1v) is 8.35. The number of aliphatic hydroxyl groups excluding tert-OH is 1. The van der Waals surface area contributed by atoms with Crippen LogP contribution in [0.2, 0.25) is 0 Å². The van der Waals surface area contributed by atoms with Crippen LogP contribution in [0.5, 0.6) is 0 Å². The van der Waals surface area contributed by atoms with E-state index in [4.69, 9.17) is 5.11 Å². The Kier molecular flexibility index (Phi) is 5.12. The molecule has 0 aliphatic heterocycles. The predicted molar refractivity (Wildman–Crippen MR) is 83.0 cm³/mol. The lowest BCUT2D eigenvalue weighted by Crippen LogP contribution is -2.24.